The zero-order valence-electron chi connectivity index (χ0n) is 10.8. The van der Waals surface area contributed by atoms with Crippen molar-refractivity contribution in [2.24, 2.45) is 0 Å². The van der Waals surface area contributed by atoms with Crippen LogP contribution in [0, 0.1) is 0 Å². The number of rotatable bonds is 3. The van der Waals surface area contributed by atoms with E-state index < -0.39 is 5.60 Å². The lowest BCUT2D eigenvalue weighted by molar-refractivity contribution is -0.130. The van der Waals surface area contributed by atoms with Crippen LogP contribution < -0.4 is 4.74 Å². The van der Waals surface area contributed by atoms with Crippen LogP contribution in [0.4, 0.5) is 0 Å². The molecule has 1 amide bonds. The first-order valence-electron chi connectivity index (χ1n) is 6.13. The van der Waals surface area contributed by atoms with Crippen LogP contribution >= 0.6 is 0 Å². The number of carbonyl (C=O) groups is 1. The van der Waals surface area contributed by atoms with Crippen molar-refractivity contribution in [3.05, 3.63) is 29.8 Å². The molecular weight excluding hydrogens is 230 g/mol. The summed E-state index contributed by atoms with van der Waals surface area (Å²) in [5.41, 5.74) is 0.239. The van der Waals surface area contributed by atoms with Gasteiger partial charge < -0.3 is 14.7 Å². The van der Waals surface area contributed by atoms with E-state index in [1.165, 1.54) is 0 Å². The van der Waals surface area contributed by atoms with Crippen molar-refractivity contribution < 1.29 is 14.6 Å². The van der Waals surface area contributed by atoms with Gasteiger partial charge in [0.15, 0.2) is 0 Å². The van der Waals surface area contributed by atoms with Gasteiger partial charge in [0.25, 0.3) is 0 Å². The Bertz CT molecular complexity index is 425. The van der Waals surface area contributed by atoms with Crippen LogP contribution in [0.5, 0.6) is 5.75 Å². The third kappa shape index (κ3) is 3.01. The normalized spacial score (nSPS) is 23.2. The first-order valence-corrected chi connectivity index (χ1v) is 6.13. The highest BCUT2D eigenvalue weighted by Gasteiger charge is 2.33. The molecule has 0 spiro atoms. The molecule has 1 fully saturated rings. The first-order chi connectivity index (χ1) is 8.50. The van der Waals surface area contributed by atoms with E-state index in [0.717, 1.165) is 11.3 Å². The zero-order chi connectivity index (χ0) is 13.2. The van der Waals surface area contributed by atoms with E-state index in [0.29, 0.717) is 25.9 Å². The Balaban J connectivity index is 1.95. The largest absolute Gasteiger partial charge is 0.497 e. The summed E-state index contributed by atoms with van der Waals surface area (Å²) in [5, 5.41) is 9.84. The number of hydrogen-bond donors (Lipinski definition) is 1. The summed E-state index contributed by atoms with van der Waals surface area (Å²) in [7, 11) is 1.62. The molecule has 0 radical (unpaired) electrons. The van der Waals surface area contributed by atoms with Crippen LogP contribution in [0.15, 0.2) is 24.3 Å². The zero-order valence-corrected chi connectivity index (χ0v) is 10.8. The molecular formula is C14H19NO3. The second-order valence-corrected chi connectivity index (χ2v) is 5.09. The number of likely N-dealkylation sites (tertiary alicyclic amines) is 1. The van der Waals surface area contributed by atoms with Gasteiger partial charge in [0, 0.05) is 13.1 Å². The molecule has 1 unspecified atom stereocenters. The summed E-state index contributed by atoms with van der Waals surface area (Å²) >= 11 is 0. The number of hydrogen-bond acceptors (Lipinski definition) is 3. The van der Waals surface area contributed by atoms with Gasteiger partial charge in [0.05, 0.1) is 19.1 Å². The minimum atomic E-state index is -0.727. The molecule has 1 aromatic carbocycles. The van der Waals surface area contributed by atoms with Gasteiger partial charge in [-0.3, -0.25) is 4.79 Å². The van der Waals surface area contributed by atoms with Crippen molar-refractivity contribution in [2.45, 2.75) is 25.4 Å². The first kappa shape index (κ1) is 12.9. The van der Waals surface area contributed by atoms with Crippen molar-refractivity contribution >= 4 is 5.91 Å². The summed E-state index contributed by atoms with van der Waals surface area (Å²) in [6.45, 7) is 2.84. The monoisotopic (exact) mass is 249 g/mol. The van der Waals surface area contributed by atoms with Gasteiger partial charge in [-0.25, -0.2) is 0 Å². The maximum atomic E-state index is 12.0. The number of methoxy groups -OCH3 is 1. The van der Waals surface area contributed by atoms with Crippen molar-refractivity contribution in [2.75, 3.05) is 20.2 Å². The lowest BCUT2D eigenvalue weighted by atomic mass is 10.1. The van der Waals surface area contributed by atoms with Gasteiger partial charge in [-0.05, 0) is 31.0 Å². The van der Waals surface area contributed by atoms with Gasteiger partial charge in [-0.15, -0.1) is 0 Å². The highest BCUT2D eigenvalue weighted by atomic mass is 16.5. The number of carbonyl (C=O) groups excluding carboxylic acids is 1. The van der Waals surface area contributed by atoms with Crippen molar-refractivity contribution in [1.82, 2.24) is 4.90 Å². The number of ether oxygens (including phenoxy) is 1. The second kappa shape index (κ2) is 4.98. The van der Waals surface area contributed by atoms with Crippen LogP contribution in [-0.4, -0.2) is 41.7 Å². The summed E-state index contributed by atoms with van der Waals surface area (Å²) < 4.78 is 5.07. The fraction of sp³-hybridized carbons (Fsp3) is 0.500. The molecule has 0 bridgehead atoms. The molecule has 1 aliphatic rings. The quantitative estimate of drug-likeness (QED) is 0.876. The molecule has 1 aliphatic heterocycles. The Morgan fingerprint density at radius 1 is 1.44 bits per heavy atom. The molecule has 18 heavy (non-hydrogen) atoms. The van der Waals surface area contributed by atoms with Gasteiger partial charge in [-0.2, -0.15) is 0 Å². The highest BCUT2D eigenvalue weighted by Crippen LogP contribution is 2.21. The molecule has 0 aliphatic carbocycles. The smallest absolute Gasteiger partial charge is 0.227 e. The molecule has 2 rings (SSSR count). The fourth-order valence-electron chi connectivity index (χ4n) is 2.19. The van der Waals surface area contributed by atoms with E-state index >= 15 is 0 Å². The summed E-state index contributed by atoms with van der Waals surface area (Å²) in [5.74, 6) is 0.855. The molecule has 98 valence electrons. The minimum Gasteiger partial charge on any atom is -0.497 e. The summed E-state index contributed by atoms with van der Waals surface area (Å²) in [6, 6.07) is 7.49. The Labute approximate surface area is 107 Å². The maximum absolute atomic E-state index is 12.0. The highest BCUT2D eigenvalue weighted by molar-refractivity contribution is 5.79. The predicted molar refractivity (Wildman–Crippen MR) is 68.5 cm³/mol. The predicted octanol–water partition coefficient (Wildman–Crippen LogP) is 1.22. The third-order valence-corrected chi connectivity index (χ3v) is 3.32. The van der Waals surface area contributed by atoms with Crippen LogP contribution in [0.2, 0.25) is 0 Å². The lowest BCUT2D eigenvalue weighted by Gasteiger charge is -2.19. The molecule has 4 heteroatoms. The van der Waals surface area contributed by atoms with E-state index in [1.54, 1.807) is 18.9 Å². The van der Waals surface area contributed by atoms with Crippen molar-refractivity contribution in [3.8, 4) is 5.75 Å². The summed E-state index contributed by atoms with van der Waals surface area (Å²) in [6.07, 6.45) is 1.03. The van der Waals surface area contributed by atoms with Crippen molar-refractivity contribution in [3.63, 3.8) is 0 Å². The van der Waals surface area contributed by atoms with E-state index in [1.807, 2.05) is 24.3 Å². The Morgan fingerprint density at radius 3 is 2.61 bits per heavy atom. The number of nitrogens with zero attached hydrogens (tertiary/aromatic N) is 1. The molecule has 1 heterocycles. The van der Waals surface area contributed by atoms with E-state index in [-0.39, 0.29) is 5.91 Å². The SMILES string of the molecule is COc1ccc(CC(=O)N2CCC(C)(O)C2)cc1. The molecule has 0 aromatic heterocycles. The standard InChI is InChI=1S/C14H19NO3/c1-14(17)7-8-15(10-14)13(16)9-11-3-5-12(18-2)6-4-11/h3-6,17H,7-10H2,1-2H3. The minimum absolute atomic E-state index is 0.0675. The molecule has 1 saturated heterocycles. The van der Waals surface area contributed by atoms with Gasteiger partial charge in [0.1, 0.15) is 5.75 Å². The average molecular weight is 249 g/mol. The van der Waals surface area contributed by atoms with Gasteiger partial charge in [0.2, 0.25) is 5.91 Å². The maximum Gasteiger partial charge on any atom is 0.227 e. The van der Waals surface area contributed by atoms with Crippen LogP contribution in [-0.2, 0) is 11.2 Å². The van der Waals surface area contributed by atoms with Crippen LogP contribution in [0.25, 0.3) is 0 Å². The van der Waals surface area contributed by atoms with Crippen molar-refractivity contribution in [1.29, 1.82) is 0 Å². The fourth-order valence-corrected chi connectivity index (χ4v) is 2.19. The topological polar surface area (TPSA) is 49.8 Å². The molecule has 1 N–H and O–H groups in total. The van der Waals surface area contributed by atoms with Crippen LogP contribution in [0.3, 0.4) is 0 Å². The lowest BCUT2D eigenvalue weighted by Crippen LogP contribution is -2.34. The molecule has 1 aromatic rings. The molecule has 0 saturated carbocycles. The Hall–Kier alpha value is -1.55. The molecule has 1 atom stereocenters. The Morgan fingerprint density at radius 2 is 2.11 bits per heavy atom. The van der Waals surface area contributed by atoms with E-state index in [9.17, 15) is 9.90 Å². The second-order valence-electron chi connectivity index (χ2n) is 5.09. The number of amides is 1. The molecule has 4 nitrogen and oxygen atoms in total. The van der Waals surface area contributed by atoms with Gasteiger partial charge in [-0.1, -0.05) is 12.1 Å². The number of β-amino-alcohol motifs (C(OH)–C–C–N with tert-alkyl or cyclic N) is 1. The average Bonchev–Trinajstić information content (AvgIpc) is 2.71. The van der Waals surface area contributed by atoms with E-state index in [4.69, 9.17) is 4.74 Å². The van der Waals surface area contributed by atoms with Gasteiger partial charge >= 0.3 is 0 Å². The Kier molecular flexibility index (Phi) is 3.57. The summed E-state index contributed by atoms with van der Waals surface area (Å²) in [4.78, 5) is 13.8. The van der Waals surface area contributed by atoms with Crippen LogP contribution in [0.1, 0.15) is 18.9 Å². The number of aliphatic hydroxyl groups is 1. The third-order valence-electron chi connectivity index (χ3n) is 3.32. The van der Waals surface area contributed by atoms with E-state index in [2.05, 4.69) is 0 Å². The number of benzene rings is 1.